The van der Waals surface area contributed by atoms with Crippen molar-refractivity contribution in [3.8, 4) is 11.5 Å². The van der Waals surface area contributed by atoms with Crippen molar-refractivity contribution in [2.24, 2.45) is 0 Å². The van der Waals surface area contributed by atoms with Crippen LogP contribution in [0.3, 0.4) is 0 Å². The van der Waals surface area contributed by atoms with E-state index in [0.29, 0.717) is 30.9 Å². The summed E-state index contributed by atoms with van der Waals surface area (Å²) in [7, 11) is 0. The van der Waals surface area contributed by atoms with Crippen LogP contribution in [0.5, 0.6) is 0 Å². The molecule has 0 aliphatic heterocycles. The Bertz CT molecular complexity index is 561. The van der Waals surface area contributed by atoms with Crippen LogP contribution >= 0.6 is 0 Å². The van der Waals surface area contributed by atoms with Gasteiger partial charge in [0.1, 0.15) is 0 Å². The van der Waals surface area contributed by atoms with E-state index in [1.807, 2.05) is 31.2 Å². The SMILES string of the molecule is Cc1ccc(-c2nnc(CN(CCO)C3CC3)o2)cc1. The average Bonchev–Trinajstić information content (AvgIpc) is 3.20. The summed E-state index contributed by atoms with van der Waals surface area (Å²) in [6.45, 7) is 3.48. The van der Waals surface area contributed by atoms with Crippen LogP contribution < -0.4 is 0 Å². The largest absolute Gasteiger partial charge is 0.419 e. The Kier molecular flexibility index (Phi) is 3.80. The summed E-state index contributed by atoms with van der Waals surface area (Å²) < 4.78 is 5.72. The number of hydrogen-bond acceptors (Lipinski definition) is 5. The Morgan fingerprint density at radius 2 is 2.00 bits per heavy atom. The normalized spacial score (nSPS) is 14.9. The van der Waals surface area contributed by atoms with Gasteiger partial charge in [0.25, 0.3) is 0 Å². The van der Waals surface area contributed by atoms with Gasteiger partial charge in [0.15, 0.2) is 0 Å². The van der Waals surface area contributed by atoms with Gasteiger partial charge in [-0.15, -0.1) is 10.2 Å². The van der Waals surface area contributed by atoms with Gasteiger partial charge in [0.2, 0.25) is 11.8 Å². The highest BCUT2D eigenvalue weighted by Gasteiger charge is 2.29. The van der Waals surface area contributed by atoms with Crippen molar-refractivity contribution in [3.05, 3.63) is 35.7 Å². The van der Waals surface area contributed by atoms with Crippen LogP contribution in [0.15, 0.2) is 28.7 Å². The van der Waals surface area contributed by atoms with E-state index in [1.165, 1.54) is 18.4 Å². The monoisotopic (exact) mass is 273 g/mol. The number of nitrogens with zero attached hydrogens (tertiary/aromatic N) is 3. The lowest BCUT2D eigenvalue weighted by Crippen LogP contribution is -2.28. The molecule has 1 fully saturated rings. The molecule has 0 radical (unpaired) electrons. The van der Waals surface area contributed by atoms with Gasteiger partial charge in [0, 0.05) is 18.2 Å². The third-order valence-corrected chi connectivity index (χ3v) is 3.55. The van der Waals surface area contributed by atoms with Crippen LogP contribution in [0.2, 0.25) is 0 Å². The van der Waals surface area contributed by atoms with Gasteiger partial charge in [-0.2, -0.15) is 0 Å². The smallest absolute Gasteiger partial charge is 0.247 e. The minimum atomic E-state index is 0.162. The molecule has 5 nitrogen and oxygen atoms in total. The maximum atomic E-state index is 9.09. The molecule has 106 valence electrons. The molecule has 20 heavy (non-hydrogen) atoms. The molecule has 3 rings (SSSR count). The molecule has 1 aliphatic rings. The van der Waals surface area contributed by atoms with Crippen LogP contribution in [0.1, 0.15) is 24.3 Å². The molecule has 0 unspecified atom stereocenters. The molecule has 1 aromatic heterocycles. The van der Waals surface area contributed by atoms with Gasteiger partial charge in [-0.3, -0.25) is 4.90 Å². The lowest BCUT2D eigenvalue weighted by atomic mass is 10.1. The Morgan fingerprint density at radius 3 is 2.65 bits per heavy atom. The van der Waals surface area contributed by atoms with E-state index in [4.69, 9.17) is 9.52 Å². The fraction of sp³-hybridized carbons (Fsp3) is 0.467. The third kappa shape index (κ3) is 3.05. The molecule has 0 spiro atoms. The highest BCUT2D eigenvalue weighted by Crippen LogP contribution is 2.28. The summed E-state index contributed by atoms with van der Waals surface area (Å²) in [6, 6.07) is 8.60. The first-order chi connectivity index (χ1) is 9.76. The van der Waals surface area contributed by atoms with Gasteiger partial charge in [-0.1, -0.05) is 17.7 Å². The zero-order chi connectivity index (χ0) is 13.9. The van der Waals surface area contributed by atoms with Crippen LogP contribution in [0.25, 0.3) is 11.5 Å². The molecule has 1 saturated carbocycles. The molecule has 0 saturated heterocycles. The fourth-order valence-electron chi connectivity index (χ4n) is 2.26. The van der Waals surface area contributed by atoms with Crippen LogP contribution in [-0.2, 0) is 6.54 Å². The van der Waals surface area contributed by atoms with Gasteiger partial charge < -0.3 is 9.52 Å². The molecule has 1 heterocycles. The lowest BCUT2D eigenvalue weighted by molar-refractivity contribution is 0.172. The number of hydrogen-bond donors (Lipinski definition) is 1. The van der Waals surface area contributed by atoms with Crippen LogP contribution in [0, 0.1) is 6.92 Å². The van der Waals surface area contributed by atoms with E-state index < -0.39 is 0 Å². The molecule has 2 aromatic rings. The standard InChI is InChI=1S/C15H19N3O2/c1-11-2-4-12(5-3-11)15-17-16-14(20-15)10-18(8-9-19)13-6-7-13/h2-5,13,19H,6-10H2,1H3. The Balaban J connectivity index is 1.71. The highest BCUT2D eigenvalue weighted by atomic mass is 16.4. The first-order valence-corrected chi connectivity index (χ1v) is 7.00. The second kappa shape index (κ2) is 5.73. The zero-order valence-corrected chi connectivity index (χ0v) is 11.6. The Hall–Kier alpha value is -1.72. The van der Waals surface area contributed by atoms with E-state index >= 15 is 0 Å². The molecule has 0 bridgehead atoms. The maximum Gasteiger partial charge on any atom is 0.247 e. The Labute approximate surface area is 118 Å². The molecule has 5 heteroatoms. The third-order valence-electron chi connectivity index (χ3n) is 3.55. The minimum absolute atomic E-state index is 0.162. The summed E-state index contributed by atoms with van der Waals surface area (Å²) >= 11 is 0. The van der Waals surface area contributed by atoms with Crippen molar-refractivity contribution in [2.75, 3.05) is 13.2 Å². The summed E-state index contributed by atoms with van der Waals surface area (Å²) in [5.74, 6) is 1.17. The van der Waals surface area contributed by atoms with E-state index in [1.54, 1.807) is 0 Å². The molecule has 1 N–H and O–H groups in total. The molecule has 1 aliphatic carbocycles. The van der Waals surface area contributed by atoms with Gasteiger partial charge >= 0.3 is 0 Å². The molecular formula is C15H19N3O2. The number of rotatable bonds is 6. The number of aromatic nitrogens is 2. The van der Waals surface area contributed by atoms with Gasteiger partial charge in [0.05, 0.1) is 13.2 Å². The summed E-state index contributed by atoms with van der Waals surface area (Å²) in [6.07, 6.45) is 2.39. The summed E-state index contributed by atoms with van der Waals surface area (Å²) in [5.41, 5.74) is 2.14. The van der Waals surface area contributed by atoms with Crippen molar-refractivity contribution in [1.82, 2.24) is 15.1 Å². The first kappa shape index (κ1) is 13.3. The van der Waals surface area contributed by atoms with E-state index in [9.17, 15) is 0 Å². The number of aliphatic hydroxyl groups is 1. The van der Waals surface area contributed by atoms with Gasteiger partial charge in [-0.05, 0) is 31.9 Å². The van der Waals surface area contributed by atoms with Crippen LogP contribution in [0.4, 0.5) is 0 Å². The molecule has 1 aromatic carbocycles. The van der Waals surface area contributed by atoms with Crippen molar-refractivity contribution in [3.63, 3.8) is 0 Å². The first-order valence-electron chi connectivity index (χ1n) is 7.00. The maximum absolute atomic E-state index is 9.09. The summed E-state index contributed by atoms with van der Waals surface area (Å²) in [5, 5.41) is 17.3. The molecule has 0 atom stereocenters. The van der Waals surface area contributed by atoms with Gasteiger partial charge in [-0.25, -0.2) is 0 Å². The van der Waals surface area contributed by atoms with Crippen molar-refractivity contribution >= 4 is 0 Å². The average molecular weight is 273 g/mol. The topological polar surface area (TPSA) is 62.4 Å². The number of benzene rings is 1. The van der Waals surface area contributed by atoms with Crippen molar-refractivity contribution in [1.29, 1.82) is 0 Å². The van der Waals surface area contributed by atoms with E-state index in [0.717, 1.165) is 5.56 Å². The fourth-order valence-corrected chi connectivity index (χ4v) is 2.26. The van der Waals surface area contributed by atoms with Crippen LogP contribution in [-0.4, -0.2) is 39.4 Å². The highest BCUT2D eigenvalue weighted by molar-refractivity contribution is 5.52. The number of aryl methyl sites for hydroxylation is 1. The van der Waals surface area contributed by atoms with E-state index in [2.05, 4.69) is 15.1 Å². The second-order valence-corrected chi connectivity index (χ2v) is 5.29. The zero-order valence-electron chi connectivity index (χ0n) is 11.6. The van der Waals surface area contributed by atoms with Crippen molar-refractivity contribution in [2.45, 2.75) is 32.4 Å². The predicted octanol–water partition coefficient (Wildman–Crippen LogP) is 2.00. The quantitative estimate of drug-likeness (QED) is 0.872. The minimum Gasteiger partial charge on any atom is -0.419 e. The van der Waals surface area contributed by atoms with Crippen molar-refractivity contribution < 1.29 is 9.52 Å². The Morgan fingerprint density at radius 1 is 1.25 bits per heavy atom. The summed E-state index contributed by atoms with van der Waals surface area (Å²) in [4.78, 5) is 2.20. The number of aliphatic hydroxyl groups excluding tert-OH is 1. The lowest BCUT2D eigenvalue weighted by Gasteiger charge is -2.17. The second-order valence-electron chi connectivity index (χ2n) is 5.29. The molecule has 0 amide bonds. The predicted molar refractivity (Wildman–Crippen MR) is 75.0 cm³/mol. The van der Waals surface area contributed by atoms with E-state index in [-0.39, 0.29) is 6.61 Å². The molecular weight excluding hydrogens is 254 g/mol.